The Kier molecular flexibility index (Phi) is 4.79. The van der Waals surface area contributed by atoms with Crippen molar-refractivity contribution in [3.05, 3.63) is 17.0 Å². The minimum absolute atomic E-state index is 0.412. The summed E-state index contributed by atoms with van der Waals surface area (Å²) >= 11 is 6.11. The molecule has 0 radical (unpaired) electrons. The fourth-order valence-electron chi connectivity index (χ4n) is 3.74. The first-order valence-electron chi connectivity index (χ1n) is 10.1. The Morgan fingerprint density at radius 1 is 1.17 bits per heavy atom. The van der Waals surface area contributed by atoms with Gasteiger partial charge in [-0.1, -0.05) is 11.6 Å². The van der Waals surface area contributed by atoms with Crippen LogP contribution in [-0.4, -0.2) is 48.8 Å². The van der Waals surface area contributed by atoms with Gasteiger partial charge in [-0.3, -0.25) is 5.10 Å². The van der Waals surface area contributed by atoms with Crippen LogP contribution in [0.2, 0.25) is 5.15 Å². The Balaban J connectivity index is 0.000000189. The van der Waals surface area contributed by atoms with Crippen molar-refractivity contribution in [2.24, 2.45) is 0 Å². The summed E-state index contributed by atoms with van der Waals surface area (Å²) in [5.41, 5.74) is 2.74. The van der Waals surface area contributed by atoms with Gasteiger partial charge in [0.25, 0.3) is 5.88 Å². The molecule has 2 bridgehead atoms. The van der Waals surface area contributed by atoms with Crippen LogP contribution < -0.4 is 10.1 Å². The summed E-state index contributed by atoms with van der Waals surface area (Å²) in [4.78, 5) is 8.77. The maximum Gasteiger partial charge on any atom is 0.256 e. The van der Waals surface area contributed by atoms with Crippen LogP contribution in [0.4, 0.5) is 11.6 Å². The molecule has 1 saturated carbocycles. The molecule has 2 aliphatic heterocycles. The van der Waals surface area contributed by atoms with E-state index >= 15 is 0 Å². The first-order chi connectivity index (χ1) is 14.1. The molecule has 2 fully saturated rings. The van der Waals surface area contributed by atoms with Crippen LogP contribution in [-0.2, 0) is 11.3 Å². The van der Waals surface area contributed by atoms with E-state index in [1.807, 2.05) is 6.92 Å². The summed E-state index contributed by atoms with van der Waals surface area (Å²) in [5.74, 6) is 0.977. The zero-order valence-electron chi connectivity index (χ0n) is 16.4. The van der Waals surface area contributed by atoms with E-state index in [4.69, 9.17) is 21.1 Å². The molecular formula is C19H24ClN7O2. The van der Waals surface area contributed by atoms with E-state index in [1.165, 1.54) is 32.1 Å². The average molecular weight is 418 g/mol. The van der Waals surface area contributed by atoms with Gasteiger partial charge in [0.15, 0.2) is 10.8 Å². The largest absolute Gasteiger partial charge is 0.475 e. The highest BCUT2D eigenvalue weighted by Gasteiger charge is 2.44. The van der Waals surface area contributed by atoms with Gasteiger partial charge in [0, 0.05) is 25.8 Å². The number of aromatic nitrogens is 6. The lowest BCUT2D eigenvalue weighted by Crippen LogP contribution is -2.19. The molecule has 2 N–H and O–H groups in total. The number of hydrogen-bond acceptors (Lipinski definition) is 7. The zero-order chi connectivity index (χ0) is 19.8. The van der Waals surface area contributed by atoms with Crippen molar-refractivity contribution in [2.45, 2.75) is 57.6 Å². The summed E-state index contributed by atoms with van der Waals surface area (Å²) < 4.78 is 13.0. The monoisotopic (exact) mass is 417 g/mol. The number of aromatic amines is 1. The summed E-state index contributed by atoms with van der Waals surface area (Å²) in [6.45, 7) is 4.13. The number of nitrogens with one attached hydrogen (secondary N) is 2. The van der Waals surface area contributed by atoms with Crippen LogP contribution in [0.1, 0.15) is 44.2 Å². The average Bonchev–Trinajstić information content (AvgIpc) is 3.28. The zero-order valence-corrected chi connectivity index (χ0v) is 17.1. The number of H-pyrrole nitrogens is 1. The van der Waals surface area contributed by atoms with E-state index < -0.39 is 0 Å². The van der Waals surface area contributed by atoms with Crippen molar-refractivity contribution in [2.75, 3.05) is 18.5 Å². The second-order valence-electron chi connectivity index (χ2n) is 7.79. The Labute approximate surface area is 173 Å². The summed E-state index contributed by atoms with van der Waals surface area (Å²) in [7, 11) is 0. The van der Waals surface area contributed by atoms with Gasteiger partial charge in [-0.25, -0.2) is 9.67 Å². The number of fused-ring (bicyclic) bond motifs is 2. The normalized spacial score (nSPS) is 19.5. The minimum Gasteiger partial charge on any atom is -0.475 e. The fourth-order valence-corrected chi connectivity index (χ4v) is 3.96. The van der Waals surface area contributed by atoms with Crippen LogP contribution in [0.25, 0.3) is 11.0 Å². The third-order valence-electron chi connectivity index (χ3n) is 5.59. The van der Waals surface area contributed by atoms with E-state index in [0.29, 0.717) is 41.4 Å². The molecule has 3 aliphatic rings. The van der Waals surface area contributed by atoms with Gasteiger partial charge in [0.05, 0.1) is 23.3 Å². The third-order valence-corrected chi connectivity index (χ3v) is 5.87. The molecule has 9 nitrogen and oxygen atoms in total. The molecule has 0 aromatic carbocycles. The lowest BCUT2D eigenvalue weighted by Gasteiger charge is -2.21. The highest BCUT2D eigenvalue weighted by molar-refractivity contribution is 6.34. The maximum atomic E-state index is 6.11. The number of rotatable bonds is 0. The quantitative estimate of drug-likeness (QED) is 0.574. The van der Waals surface area contributed by atoms with Crippen LogP contribution >= 0.6 is 11.6 Å². The number of ether oxygens (including phenoxy) is 2. The molecule has 6 rings (SSSR count). The van der Waals surface area contributed by atoms with Gasteiger partial charge in [0.1, 0.15) is 5.69 Å². The van der Waals surface area contributed by atoms with Crippen molar-refractivity contribution in [3.63, 3.8) is 0 Å². The molecule has 0 atom stereocenters. The Hall–Kier alpha value is -2.39. The van der Waals surface area contributed by atoms with Gasteiger partial charge in [-0.15, -0.1) is 5.10 Å². The van der Waals surface area contributed by atoms with E-state index in [-0.39, 0.29) is 0 Å². The molecule has 10 heteroatoms. The highest BCUT2D eigenvalue weighted by atomic mass is 35.5. The smallest absolute Gasteiger partial charge is 0.256 e. The van der Waals surface area contributed by atoms with E-state index in [0.717, 1.165) is 29.8 Å². The fraction of sp³-hybridized carbons (Fsp3) is 0.579. The molecule has 29 heavy (non-hydrogen) atoms. The predicted molar refractivity (Wildman–Crippen MR) is 109 cm³/mol. The second-order valence-corrected chi connectivity index (χ2v) is 8.15. The summed E-state index contributed by atoms with van der Waals surface area (Å²) in [6, 6.07) is 0. The molecule has 0 amide bonds. The Morgan fingerprint density at radius 3 is 2.83 bits per heavy atom. The van der Waals surface area contributed by atoms with Crippen molar-refractivity contribution in [1.29, 1.82) is 0 Å². The number of nitrogens with zero attached hydrogens (tertiary/aromatic N) is 5. The first kappa shape index (κ1) is 18.6. The summed E-state index contributed by atoms with van der Waals surface area (Å²) in [6.07, 6.45) is 9.16. The molecule has 1 saturated heterocycles. The second kappa shape index (κ2) is 7.46. The minimum atomic E-state index is 0.412. The molecule has 154 valence electrons. The lowest BCUT2D eigenvalue weighted by atomic mass is 10.1. The molecule has 1 spiro atoms. The van der Waals surface area contributed by atoms with E-state index in [1.54, 1.807) is 10.9 Å². The number of halogens is 1. The molecular weight excluding hydrogens is 394 g/mol. The third kappa shape index (κ3) is 3.76. The SMILES string of the molecule is C1CCC2(CC2)OC1.Cc1[nH]nc2c1Nc1ncc3c(Cl)nn(c3n1)CCCO2. The number of hydrogen-bond donors (Lipinski definition) is 2. The first-order valence-corrected chi connectivity index (χ1v) is 10.5. The van der Waals surface area contributed by atoms with Crippen molar-refractivity contribution < 1.29 is 9.47 Å². The van der Waals surface area contributed by atoms with Gasteiger partial charge < -0.3 is 14.8 Å². The molecule has 1 aliphatic carbocycles. The van der Waals surface area contributed by atoms with E-state index in [2.05, 4.69) is 30.6 Å². The van der Waals surface area contributed by atoms with Gasteiger partial charge in [0.2, 0.25) is 5.95 Å². The topological polar surface area (TPSA) is 103 Å². The molecule has 0 unspecified atom stereocenters. The highest BCUT2D eigenvalue weighted by Crippen LogP contribution is 2.46. The molecule has 3 aromatic rings. The van der Waals surface area contributed by atoms with Crippen molar-refractivity contribution in [1.82, 2.24) is 29.9 Å². The van der Waals surface area contributed by atoms with Crippen molar-refractivity contribution >= 4 is 34.3 Å². The van der Waals surface area contributed by atoms with Crippen LogP contribution in [0.3, 0.4) is 0 Å². The summed E-state index contributed by atoms with van der Waals surface area (Å²) in [5, 5.41) is 15.6. The van der Waals surface area contributed by atoms with Gasteiger partial charge >= 0.3 is 0 Å². The molecule has 5 heterocycles. The predicted octanol–water partition coefficient (Wildman–Crippen LogP) is 3.76. The number of anilines is 2. The standard InChI is InChI=1S/C12H12ClN7O.C7H12O/c1-6-8-11(18-17-6)21-4-2-3-20-10-7(9(13)19-20)5-14-12(15-8)16-10;1-2-6-8-7(3-1)4-5-7/h5H,2-4H2,1H3,(H,17,18)(H,14,15,16);1-6H2. The molecule has 3 aromatic heterocycles. The van der Waals surface area contributed by atoms with E-state index in [9.17, 15) is 0 Å². The number of aryl methyl sites for hydroxylation is 2. The lowest BCUT2D eigenvalue weighted by molar-refractivity contribution is -0.00394. The van der Waals surface area contributed by atoms with Crippen molar-refractivity contribution in [3.8, 4) is 5.88 Å². The van der Waals surface area contributed by atoms with Gasteiger partial charge in [-0.05, 0) is 39.0 Å². The van der Waals surface area contributed by atoms with Crippen LogP contribution in [0, 0.1) is 6.92 Å². The Morgan fingerprint density at radius 2 is 2.07 bits per heavy atom. The van der Waals surface area contributed by atoms with Gasteiger partial charge in [-0.2, -0.15) is 10.1 Å². The maximum absolute atomic E-state index is 6.11. The van der Waals surface area contributed by atoms with Crippen LogP contribution in [0.5, 0.6) is 5.88 Å². The van der Waals surface area contributed by atoms with Crippen LogP contribution in [0.15, 0.2) is 6.20 Å². The Bertz CT molecular complexity index is 1020.